The van der Waals surface area contributed by atoms with Crippen LogP contribution in [0.25, 0.3) is 0 Å². The minimum atomic E-state index is 0.230. The van der Waals surface area contributed by atoms with E-state index in [1.807, 2.05) is 18.2 Å². The number of hydrogen-bond acceptors (Lipinski definition) is 3. The van der Waals surface area contributed by atoms with E-state index in [0.717, 1.165) is 32.7 Å². The molecule has 1 aliphatic heterocycles. The lowest BCUT2D eigenvalue weighted by molar-refractivity contribution is 0.185. The molecule has 1 heterocycles. The summed E-state index contributed by atoms with van der Waals surface area (Å²) in [6.07, 6.45) is 0. The largest absolute Gasteiger partial charge is 0.396 e. The number of aliphatic hydroxyl groups is 1. The van der Waals surface area contributed by atoms with Crippen molar-refractivity contribution in [3.63, 3.8) is 0 Å². The molecule has 1 aliphatic rings. The molecule has 0 radical (unpaired) electrons. The van der Waals surface area contributed by atoms with Crippen LogP contribution in [0.1, 0.15) is 11.5 Å². The van der Waals surface area contributed by atoms with Crippen molar-refractivity contribution in [3.8, 4) is 0 Å². The van der Waals surface area contributed by atoms with Crippen LogP contribution in [0.5, 0.6) is 0 Å². The van der Waals surface area contributed by atoms with E-state index < -0.39 is 0 Å². The Morgan fingerprint density at radius 3 is 2.50 bits per heavy atom. The number of hydrogen-bond donors (Lipinski definition) is 2. The molecule has 1 atom stereocenters. The molecule has 1 unspecified atom stereocenters. The maximum atomic E-state index is 9.47. The molecule has 1 aromatic rings. The topological polar surface area (TPSA) is 35.5 Å². The van der Waals surface area contributed by atoms with Crippen molar-refractivity contribution in [2.45, 2.75) is 5.92 Å². The van der Waals surface area contributed by atoms with Gasteiger partial charge in [-0.15, -0.1) is 0 Å². The Kier molecular flexibility index (Phi) is 4.34. The van der Waals surface area contributed by atoms with Gasteiger partial charge >= 0.3 is 0 Å². The Morgan fingerprint density at radius 1 is 1.19 bits per heavy atom. The first-order chi connectivity index (χ1) is 7.90. The van der Waals surface area contributed by atoms with Crippen molar-refractivity contribution >= 4 is 0 Å². The molecule has 0 aromatic heterocycles. The van der Waals surface area contributed by atoms with E-state index in [2.05, 4.69) is 22.3 Å². The Morgan fingerprint density at radius 2 is 1.88 bits per heavy atom. The molecule has 1 fully saturated rings. The van der Waals surface area contributed by atoms with Crippen LogP contribution >= 0.6 is 0 Å². The van der Waals surface area contributed by atoms with E-state index in [9.17, 15) is 5.11 Å². The molecular weight excluding hydrogens is 200 g/mol. The van der Waals surface area contributed by atoms with Gasteiger partial charge < -0.3 is 15.3 Å². The molecule has 2 rings (SSSR count). The maximum Gasteiger partial charge on any atom is 0.0512 e. The van der Waals surface area contributed by atoms with Crippen LogP contribution in [-0.4, -0.2) is 49.3 Å². The Balaban J connectivity index is 1.94. The number of benzene rings is 1. The van der Waals surface area contributed by atoms with Crippen LogP contribution in [0.4, 0.5) is 0 Å². The molecule has 0 saturated carbocycles. The zero-order chi connectivity index (χ0) is 11.2. The summed E-state index contributed by atoms with van der Waals surface area (Å²) in [5, 5.41) is 12.8. The third-order valence-electron chi connectivity index (χ3n) is 3.18. The van der Waals surface area contributed by atoms with Gasteiger partial charge in [-0.3, -0.25) is 0 Å². The molecule has 0 bridgehead atoms. The first-order valence-corrected chi connectivity index (χ1v) is 5.99. The second kappa shape index (κ2) is 5.99. The number of aliphatic hydroxyl groups excluding tert-OH is 1. The highest BCUT2D eigenvalue weighted by atomic mass is 16.3. The van der Waals surface area contributed by atoms with Gasteiger partial charge in [-0.1, -0.05) is 30.3 Å². The molecule has 0 aliphatic carbocycles. The summed E-state index contributed by atoms with van der Waals surface area (Å²) in [5.74, 6) is 0.249. The first kappa shape index (κ1) is 11.6. The predicted molar refractivity (Wildman–Crippen MR) is 65.6 cm³/mol. The highest BCUT2D eigenvalue weighted by molar-refractivity contribution is 5.19. The van der Waals surface area contributed by atoms with Gasteiger partial charge in [0.1, 0.15) is 0 Å². The van der Waals surface area contributed by atoms with Gasteiger partial charge in [0.25, 0.3) is 0 Å². The highest BCUT2D eigenvalue weighted by Crippen LogP contribution is 2.16. The Labute approximate surface area is 97.1 Å². The van der Waals surface area contributed by atoms with Crippen LogP contribution < -0.4 is 5.32 Å². The van der Waals surface area contributed by atoms with Crippen LogP contribution in [0.3, 0.4) is 0 Å². The average molecular weight is 220 g/mol. The summed E-state index contributed by atoms with van der Waals surface area (Å²) >= 11 is 0. The van der Waals surface area contributed by atoms with E-state index >= 15 is 0 Å². The minimum Gasteiger partial charge on any atom is -0.396 e. The normalized spacial score (nSPS) is 19.6. The van der Waals surface area contributed by atoms with Crippen LogP contribution in [-0.2, 0) is 0 Å². The summed E-state index contributed by atoms with van der Waals surface area (Å²) in [5.41, 5.74) is 1.24. The van der Waals surface area contributed by atoms with Gasteiger partial charge in [-0.2, -0.15) is 0 Å². The molecule has 1 saturated heterocycles. The van der Waals surface area contributed by atoms with Gasteiger partial charge in [-0.25, -0.2) is 0 Å². The lowest BCUT2D eigenvalue weighted by Crippen LogP contribution is -2.45. The summed E-state index contributed by atoms with van der Waals surface area (Å²) in [6.45, 7) is 5.49. The molecule has 1 aromatic carbocycles. The van der Waals surface area contributed by atoms with Gasteiger partial charge in [0, 0.05) is 38.6 Å². The monoisotopic (exact) mass is 220 g/mol. The molecule has 0 amide bonds. The third kappa shape index (κ3) is 3.04. The smallest absolute Gasteiger partial charge is 0.0512 e. The van der Waals surface area contributed by atoms with Crippen LogP contribution in [0.2, 0.25) is 0 Å². The lowest BCUT2D eigenvalue weighted by Gasteiger charge is -2.30. The minimum absolute atomic E-state index is 0.230. The summed E-state index contributed by atoms with van der Waals surface area (Å²) < 4.78 is 0. The van der Waals surface area contributed by atoms with E-state index in [1.165, 1.54) is 5.56 Å². The maximum absolute atomic E-state index is 9.47. The summed E-state index contributed by atoms with van der Waals surface area (Å²) in [6, 6.07) is 10.3. The summed E-state index contributed by atoms with van der Waals surface area (Å²) in [4.78, 5) is 2.42. The third-order valence-corrected chi connectivity index (χ3v) is 3.18. The van der Waals surface area contributed by atoms with Crippen molar-refractivity contribution in [2.24, 2.45) is 0 Å². The summed E-state index contributed by atoms with van der Waals surface area (Å²) in [7, 11) is 0. The van der Waals surface area contributed by atoms with Crippen LogP contribution in [0, 0.1) is 0 Å². The van der Waals surface area contributed by atoms with Crippen molar-refractivity contribution in [1.82, 2.24) is 10.2 Å². The molecule has 0 spiro atoms. The highest BCUT2D eigenvalue weighted by Gasteiger charge is 2.16. The van der Waals surface area contributed by atoms with Gasteiger partial charge in [0.2, 0.25) is 0 Å². The Hall–Kier alpha value is -0.900. The number of piperazine rings is 1. The Bertz CT molecular complexity index is 296. The number of rotatable bonds is 4. The molecule has 2 N–H and O–H groups in total. The quantitative estimate of drug-likeness (QED) is 0.783. The van der Waals surface area contributed by atoms with Crippen molar-refractivity contribution in [1.29, 1.82) is 0 Å². The van der Waals surface area contributed by atoms with E-state index in [4.69, 9.17) is 0 Å². The van der Waals surface area contributed by atoms with Crippen molar-refractivity contribution in [2.75, 3.05) is 39.3 Å². The predicted octanol–water partition coefficient (Wildman–Crippen LogP) is 0.668. The van der Waals surface area contributed by atoms with E-state index in [1.54, 1.807) is 0 Å². The SMILES string of the molecule is OCC(CN1CCNCC1)c1ccccc1. The second-order valence-corrected chi connectivity index (χ2v) is 4.34. The van der Waals surface area contributed by atoms with Gasteiger partial charge in [0.15, 0.2) is 0 Å². The van der Waals surface area contributed by atoms with Gasteiger partial charge in [-0.05, 0) is 5.56 Å². The lowest BCUT2D eigenvalue weighted by atomic mass is 9.99. The molecule has 3 heteroatoms. The molecule has 16 heavy (non-hydrogen) atoms. The zero-order valence-corrected chi connectivity index (χ0v) is 9.60. The van der Waals surface area contributed by atoms with E-state index in [-0.39, 0.29) is 12.5 Å². The fourth-order valence-corrected chi connectivity index (χ4v) is 2.20. The molecule has 3 nitrogen and oxygen atoms in total. The second-order valence-electron chi connectivity index (χ2n) is 4.34. The number of nitrogens with zero attached hydrogens (tertiary/aromatic N) is 1. The fraction of sp³-hybridized carbons (Fsp3) is 0.538. The van der Waals surface area contributed by atoms with Crippen molar-refractivity contribution in [3.05, 3.63) is 35.9 Å². The van der Waals surface area contributed by atoms with E-state index in [0.29, 0.717) is 0 Å². The standard InChI is InChI=1S/C13H20N2O/c16-11-13(12-4-2-1-3-5-12)10-15-8-6-14-7-9-15/h1-5,13-14,16H,6-11H2. The van der Waals surface area contributed by atoms with Crippen molar-refractivity contribution < 1.29 is 5.11 Å². The van der Waals surface area contributed by atoms with Crippen LogP contribution in [0.15, 0.2) is 30.3 Å². The molecular formula is C13H20N2O. The average Bonchev–Trinajstić information content (AvgIpc) is 2.38. The first-order valence-electron chi connectivity index (χ1n) is 5.99. The molecule has 88 valence electrons. The van der Waals surface area contributed by atoms with Gasteiger partial charge in [0.05, 0.1) is 6.61 Å². The number of nitrogens with one attached hydrogen (secondary N) is 1. The zero-order valence-electron chi connectivity index (χ0n) is 9.60. The fourth-order valence-electron chi connectivity index (χ4n) is 2.20.